The predicted octanol–water partition coefficient (Wildman–Crippen LogP) is 3.08. The Labute approximate surface area is 84.9 Å². The van der Waals surface area contributed by atoms with E-state index >= 15 is 0 Å². The van der Waals surface area contributed by atoms with Gasteiger partial charge in [0.25, 0.3) is 0 Å². The second-order valence-electron chi connectivity index (χ2n) is 5.03. The predicted molar refractivity (Wildman–Crippen MR) is 63.2 cm³/mol. The Morgan fingerprint density at radius 3 is 1.92 bits per heavy atom. The lowest BCUT2D eigenvalue weighted by atomic mass is 10.5. The second kappa shape index (κ2) is 5.29. The van der Waals surface area contributed by atoms with Crippen LogP contribution in [0.2, 0.25) is 38.8 Å². The average molecular weight is 220 g/mol. The minimum Gasteiger partial charge on any atom is -0.420 e. The summed E-state index contributed by atoms with van der Waals surface area (Å²) in [5.74, 6) is 0. The van der Waals surface area contributed by atoms with Crippen molar-refractivity contribution in [3.05, 3.63) is 0 Å². The largest absolute Gasteiger partial charge is 0.420 e. The van der Waals surface area contributed by atoms with Crippen molar-refractivity contribution < 1.29 is 8.85 Å². The van der Waals surface area contributed by atoms with Crippen LogP contribution in [0.25, 0.3) is 0 Å². The first kappa shape index (κ1) is 13.4. The van der Waals surface area contributed by atoms with Crippen LogP contribution in [-0.4, -0.2) is 30.4 Å². The molecule has 0 bridgehead atoms. The standard InChI is InChI=1S/C9H24O2Si2/c1-10-13(5,6)9-7-8-11-12(2,3)4/h7-9H2,1-6H3. The van der Waals surface area contributed by atoms with Crippen molar-refractivity contribution in [2.75, 3.05) is 13.7 Å². The zero-order valence-corrected chi connectivity index (χ0v) is 11.9. The van der Waals surface area contributed by atoms with Crippen LogP contribution in [0.1, 0.15) is 6.42 Å². The molecule has 0 saturated heterocycles. The van der Waals surface area contributed by atoms with Crippen LogP contribution < -0.4 is 0 Å². The number of rotatable bonds is 6. The Balaban J connectivity index is 3.47. The summed E-state index contributed by atoms with van der Waals surface area (Å²) in [7, 11) is -0.802. The van der Waals surface area contributed by atoms with E-state index in [1.165, 1.54) is 6.04 Å². The smallest absolute Gasteiger partial charge is 0.186 e. The Kier molecular flexibility index (Phi) is 5.43. The lowest BCUT2D eigenvalue weighted by Crippen LogP contribution is -2.30. The molecule has 0 aromatic rings. The fourth-order valence-electron chi connectivity index (χ4n) is 0.978. The van der Waals surface area contributed by atoms with Gasteiger partial charge in [0.1, 0.15) is 0 Å². The summed E-state index contributed by atoms with van der Waals surface area (Å²) in [6.07, 6.45) is 1.15. The Morgan fingerprint density at radius 2 is 1.54 bits per heavy atom. The zero-order chi connectivity index (χ0) is 10.5. The highest BCUT2D eigenvalue weighted by molar-refractivity contribution is 6.71. The van der Waals surface area contributed by atoms with E-state index in [-0.39, 0.29) is 0 Å². The van der Waals surface area contributed by atoms with Gasteiger partial charge in [-0.25, -0.2) is 0 Å². The van der Waals surface area contributed by atoms with Gasteiger partial charge in [-0.1, -0.05) is 0 Å². The summed E-state index contributed by atoms with van der Waals surface area (Å²) in [6, 6.07) is 1.20. The SMILES string of the molecule is CO[Si](C)(C)CCCO[Si](C)(C)C. The fraction of sp³-hybridized carbons (Fsp3) is 1.00. The molecule has 0 saturated carbocycles. The molecule has 0 aliphatic heterocycles. The topological polar surface area (TPSA) is 18.5 Å². The summed E-state index contributed by atoms with van der Waals surface area (Å²) in [5, 5.41) is 0. The van der Waals surface area contributed by atoms with E-state index in [9.17, 15) is 0 Å². The van der Waals surface area contributed by atoms with Crippen molar-refractivity contribution in [1.29, 1.82) is 0 Å². The van der Waals surface area contributed by atoms with E-state index in [2.05, 4.69) is 32.7 Å². The van der Waals surface area contributed by atoms with E-state index in [0.29, 0.717) is 0 Å². The van der Waals surface area contributed by atoms with Crippen LogP contribution in [0.4, 0.5) is 0 Å². The molecule has 0 N–H and O–H groups in total. The van der Waals surface area contributed by atoms with Crippen LogP contribution >= 0.6 is 0 Å². The third-order valence-electron chi connectivity index (χ3n) is 2.01. The lowest BCUT2D eigenvalue weighted by Gasteiger charge is -2.21. The average Bonchev–Trinajstić information content (AvgIpc) is 1.97. The van der Waals surface area contributed by atoms with E-state index in [0.717, 1.165) is 13.0 Å². The van der Waals surface area contributed by atoms with Crippen LogP contribution in [0.3, 0.4) is 0 Å². The van der Waals surface area contributed by atoms with Crippen LogP contribution in [-0.2, 0) is 8.85 Å². The summed E-state index contributed by atoms with van der Waals surface area (Å²) in [4.78, 5) is 0. The first-order valence-corrected chi connectivity index (χ1v) is 11.5. The van der Waals surface area contributed by atoms with E-state index in [4.69, 9.17) is 8.85 Å². The van der Waals surface area contributed by atoms with Gasteiger partial charge in [0, 0.05) is 13.7 Å². The summed E-state index contributed by atoms with van der Waals surface area (Å²) < 4.78 is 11.2. The van der Waals surface area contributed by atoms with Gasteiger partial charge in [0.15, 0.2) is 16.6 Å². The third kappa shape index (κ3) is 8.68. The van der Waals surface area contributed by atoms with Crippen molar-refractivity contribution in [3.63, 3.8) is 0 Å². The monoisotopic (exact) mass is 220 g/mol. The molecule has 0 aromatic heterocycles. The van der Waals surface area contributed by atoms with E-state index in [1.54, 1.807) is 0 Å². The molecule has 80 valence electrons. The maximum Gasteiger partial charge on any atom is 0.186 e. The molecule has 0 fully saturated rings. The molecule has 0 rings (SSSR count). The Bertz CT molecular complexity index is 141. The molecule has 0 spiro atoms. The van der Waals surface area contributed by atoms with Gasteiger partial charge in [-0.2, -0.15) is 0 Å². The molecule has 4 heteroatoms. The molecular formula is C9H24O2Si2. The molecule has 0 amide bonds. The zero-order valence-electron chi connectivity index (χ0n) is 9.94. The van der Waals surface area contributed by atoms with Crippen molar-refractivity contribution in [3.8, 4) is 0 Å². The lowest BCUT2D eigenvalue weighted by molar-refractivity contribution is 0.306. The first-order valence-electron chi connectivity index (χ1n) is 4.96. The Morgan fingerprint density at radius 1 is 1.00 bits per heavy atom. The highest BCUT2D eigenvalue weighted by Gasteiger charge is 2.20. The fourth-order valence-corrected chi connectivity index (χ4v) is 2.93. The van der Waals surface area contributed by atoms with Crippen molar-refractivity contribution in [2.45, 2.75) is 45.2 Å². The molecule has 0 atom stereocenters. The third-order valence-corrected chi connectivity index (χ3v) is 5.74. The molecule has 0 aliphatic rings. The highest BCUT2D eigenvalue weighted by Crippen LogP contribution is 2.13. The van der Waals surface area contributed by atoms with Gasteiger partial charge in [0.05, 0.1) is 0 Å². The van der Waals surface area contributed by atoms with Crippen LogP contribution in [0, 0.1) is 0 Å². The van der Waals surface area contributed by atoms with Gasteiger partial charge < -0.3 is 8.85 Å². The van der Waals surface area contributed by atoms with Gasteiger partial charge >= 0.3 is 0 Å². The summed E-state index contributed by atoms with van der Waals surface area (Å²) in [6.45, 7) is 12.1. The van der Waals surface area contributed by atoms with Crippen LogP contribution in [0.15, 0.2) is 0 Å². The van der Waals surface area contributed by atoms with Crippen LogP contribution in [0.5, 0.6) is 0 Å². The minimum atomic E-state index is -1.34. The molecule has 0 aromatic carbocycles. The van der Waals surface area contributed by atoms with E-state index in [1.807, 2.05) is 7.11 Å². The summed E-state index contributed by atoms with van der Waals surface area (Å²) in [5.41, 5.74) is 0. The van der Waals surface area contributed by atoms with Crippen molar-refractivity contribution in [2.24, 2.45) is 0 Å². The molecule has 0 aliphatic carbocycles. The maximum atomic E-state index is 5.77. The quantitative estimate of drug-likeness (QED) is 0.506. The van der Waals surface area contributed by atoms with Crippen molar-refractivity contribution in [1.82, 2.24) is 0 Å². The molecule has 13 heavy (non-hydrogen) atoms. The second-order valence-corrected chi connectivity index (χ2v) is 14.0. The van der Waals surface area contributed by atoms with E-state index < -0.39 is 16.6 Å². The molecule has 2 nitrogen and oxygen atoms in total. The molecule has 0 radical (unpaired) electrons. The minimum absolute atomic E-state index is 0.912. The van der Waals surface area contributed by atoms with Gasteiger partial charge in [-0.05, 0) is 45.2 Å². The molecule has 0 unspecified atom stereocenters. The summed E-state index contributed by atoms with van der Waals surface area (Å²) >= 11 is 0. The molecule has 0 heterocycles. The Hall–Kier alpha value is 0.354. The number of hydrogen-bond acceptors (Lipinski definition) is 2. The van der Waals surface area contributed by atoms with Gasteiger partial charge in [-0.15, -0.1) is 0 Å². The van der Waals surface area contributed by atoms with Gasteiger partial charge in [-0.3, -0.25) is 0 Å². The normalized spacial score (nSPS) is 13.4. The first-order chi connectivity index (χ1) is 5.77. The van der Waals surface area contributed by atoms with Gasteiger partial charge in [0.2, 0.25) is 0 Å². The molecular weight excluding hydrogens is 196 g/mol. The van der Waals surface area contributed by atoms with Crippen molar-refractivity contribution >= 4 is 16.6 Å². The highest BCUT2D eigenvalue weighted by atomic mass is 28.4. The number of hydrogen-bond donors (Lipinski definition) is 0. The maximum absolute atomic E-state index is 5.77.